The predicted molar refractivity (Wildman–Crippen MR) is 102 cm³/mol. The van der Waals surface area contributed by atoms with Crippen molar-refractivity contribution in [1.82, 2.24) is 4.31 Å². The van der Waals surface area contributed by atoms with E-state index in [9.17, 15) is 13.2 Å². The van der Waals surface area contributed by atoms with Gasteiger partial charge < -0.3 is 5.32 Å². The Kier molecular flexibility index (Phi) is 7.02. The van der Waals surface area contributed by atoms with E-state index < -0.39 is 10.0 Å². The number of anilines is 1. The normalized spacial score (nSPS) is 16.6. The molecule has 1 aliphatic carbocycles. The fourth-order valence-corrected chi connectivity index (χ4v) is 4.72. The smallest absolute Gasteiger partial charge is 0.225 e. The summed E-state index contributed by atoms with van der Waals surface area (Å²) in [4.78, 5) is 12.3. The van der Waals surface area contributed by atoms with E-state index in [0.29, 0.717) is 0 Å². The fourth-order valence-electron chi connectivity index (χ4n) is 3.54. The third-order valence-corrected chi connectivity index (χ3v) is 6.21. The summed E-state index contributed by atoms with van der Waals surface area (Å²) >= 11 is 0. The van der Waals surface area contributed by atoms with Gasteiger partial charge >= 0.3 is 0 Å². The lowest BCUT2D eigenvalue weighted by Crippen LogP contribution is -2.41. The molecule has 0 bridgehead atoms. The summed E-state index contributed by atoms with van der Waals surface area (Å²) in [7, 11) is -3.31. The SMILES string of the molecule is Cc1ccc(NC(=O)CCN(C2CCCCCC2)S(C)(=O)=O)c(C)c1. The van der Waals surface area contributed by atoms with Crippen LogP contribution >= 0.6 is 0 Å². The zero-order valence-electron chi connectivity index (χ0n) is 15.5. The Labute approximate surface area is 151 Å². The molecule has 0 aromatic heterocycles. The summed E-state index contributed by atoms with van der Waals surface area (Å²) < 4.78 is 25.9. The number of sulfonamides is 1. The van der Waals surface area contributed by atoms with Crippen molar-refractivity contribution in [3.8, 4) is 0 Å². The molecule has 0 unspecified atom stereocenters. The van der Waals surface area contributed by atoms with Gasteiger partial charge in [0.1, 0.15) is 0 Å². The average Bonchev–Trinajstić information content (AvgIpc) is 2.78. The molecule has 2 rings (SSSR count). The molecular weight excluding hydrogens is 336 g/mol. The van der Waals surface area contributed by atoms with Crippen molar-refractivity contribution in [2.45, 2.75) is 64.8 Å². The minimum atomic E-state index is -3.31. The molecule has 0 heterocycles. The molecule has 1 aromatic rings. The largest absolute Gasteiger partial charge is 0.326 e. The van der Waals surface area contributed by atoms with Crippen molar-refractivity contribution in [3.63, 3.8) is 0 Å². The van der Waals surface area contributed by atoms with Crippen molar-refractivity contribution < 1.29 is 13.2 Å². The molecule has 5 nitrogen and oxygen atoms in total. The maximum Gasteiger partial charge on any atom is 0.225 e. The third kappa shape index (κ3) is 6.12. The number of nitrogens with one attached hydrogen (secondary N) is 1. The molecule has 1 amide bonds. The number of carbonyl (C=O) groups excluding carboxylic acids is 1. The van der Waals surface area contributed by atoms with Crippen LogP contribution in [0.15, 0.2) is 18.2 Å². The number of benzene rings is 1. The number of nitrogens with zero attached hydrogens (tertiary/aromatic N) is 1. The van der Waals surface area contributed by atoms with E-state index >= 15 is 0 Å². The number of aryl methyl sites for hydroxylation is 2. The van der Waals surface area contributed by atoms with Crippen LogP contribution in [-0.4, -0.2) is 37.5 Å². The summed E-state index contributed by atoms with van der Waals surface area (Å²) in [5.41, 5.74) is 2.94. The van der Waals surface area contributed by atoms with Crippen LogP contribution in [0.3, 0.4) is 0 Å². The van der Waals surface area contributed by atoms with Gasteiger partial charge in [-0.15, -0.1) is 0 Å². The Hall–Kier alpha value is -1.40. The quantitative estimate of drug-likeness (QED) is 0.782. The minimum Gasteiger partial charge on any atom is -0.326 e. The minimum absolute atomic E-state index is 0.0337. The molecule has 0 atom stereocenters. The van der Waals surface area contributed by atoms with Crippen molar-refractivity contribution in [2.75, 3.05) is 18.1 Å². The molecule has 1 aromatic carbocycles. The Morgan fingerprint density at radius 1 is 1.16 bits per heavy atom. The van der Waals surface area contributed by atoms with E-state index in [-0.39, 0.29) is 24.9 Å². The first-order valence-corrected chi connectivity index (χ1v) is 11.0. The van der Waals surface area contributed by atoms with Gasteiger partial charge in [-0.05, 0) is 38.3 Å². The van der Waals surface area contributed by atoms with Crippen LogP contribution in [-0.2, 0) is 14.8 Å². The van der Waals surface area contributed by atoms with Crippen molar-refractivity contribution in [3.05, 3.63) is 29.3 Å². The van der Waals surface area contributed by atoms with E-state index in [2.05, 4.69) is 5.32 Å². The van der Waals surface area contributed by atoms with Gasteiger partial charge in [0, 0.05) is 24.7 Å². The molecule has 0 saturated heterocycles. The second-order valence-electron chi connectivity index (χ2n) is 7.14. The Morgan fingerprint density at radius 3 is 2.36 bits per heavy atom. The average molecular weight is 367 g/mol. The molecule has 1 saturated carbocycles. The van der Waals surface area contributed by atoms with Crippen LogP contribution in [0.5, 0.6) is 0 Å². The zero-order chi connectivity index (χ0) is 18.4. The van der Waals surface area contributed by atoms with E-state index in [1.54, 1.807) is 4.31 Å². The second-order valence-corrected chi connectivity index (χ2v) is 9.07. The van der Waals surface area contributed by atoms with Crippen molar-refractivity contribution in [1.29, 1.82) is 0 Å². The summed E-state index contributed by atoms with van der Waals surface area (Å²) in [6, 6.07) is 5.90. The van der Waals surface area contributed by atoms with Crippen LogP contribution < -0.4 is 5.32 Å². The number of carbonyl (C=O) groups is 1. The molecule has 0 spiro atoms. The predicted octanol–water partition coefficient (Wildman–Crippen LogP) is 3.62. The van der Waals surface area contributed by atoms with Crippen LogP contribution in [0.25, 0.3) is 0 Å². The summed E-state index contributed by atoms with van der Waals surface area (Å²) in [5, 5.41) is 2.90. The third-order valence-electron chi connectivity index (χ3n) is 4.87. The monoisotopic (exact) mass is 366 g/mol. The summed E-state index contributed by atoms with van der Waals surface area (Å²) in [6.07, 6.45) is 7.67. The van der Waals surface area contributed by atoms with Crippen molar-refractivity contribution >= 4 is 21.6 Å². The topological polar surface area (TPSA) is 66.5 Å². The number of hydrogen-bond donors (Lipinski definition) is 1. The lowest BCUT2D eigenvalue weighted by Gasteiger charge is -2.28. The number of hydrogen-bond acceptors (Lipinski definition) is 3. The molecule has 1 fully saturated rings. The highest BCUT2D eigenvalue weighted by Gasteiger charge is 2.27. The highest BCUT2D eigenvalue weighted by molar-refractivity contribution is 7.88. The Bertz CT molecular complexity index is 693. The summed E-state index contributed by atoms with van der Waals surface area (Å²) in [6.45, 7) is 4.21. The first-order chi connectivity index (χ1) is 11.8. The van der Waals surface area contributed by atoms with E-state index in [1.807, 2.05) is 32.0 Å². The van der Waals surface area contributed by atoms with Gasteiger partial charge in [-0.3, -0.25) is 4.79 Å². The second kappa shape index (κ2) is 8.81. The van der Waals surface area contributed by atoms with Gasteiger partial charge in [-0.2, -0.15) is 4.31 Å². The van der Waals surface area contributed by atoms with Gasteiger partial charge in [0.2, 0.25) is 15.9 Å². The molecule has 6 heteroatoms. The first-order valence-electron chi connectivity index (χ1n) is 9.11. The summed E-state index contributed by atoms with van der Waals surface area (Å²) in [5.74, 6) is -0.144. The van der Waals surface area contributed by atoms with E-state index in [1.165, 1.54) is 19.1 Å². The van der Waals surface area contributed by atoms with Gasteiger partial charge in [-0.25, -0.2) is 8.42 Å². The molecule has 1 aliphatic rings. The van der Waals surface area contributed by atoms with Crippen molar-refractivity contribution in [2.24, 2.45) is 0 Å². The van der Waals surface area contributed by atoms with Gasteiger partial charge in [0.25, 0.3) is 0 Å². The maximum absolute atomic E-state index is 12.3. The maximum atomic E-state index is 12.3. The molecule has 0 radical (unpaired) electrons. The number of amides is 1. The van der Waals surface area contributed by atoms with Crippen LogP contribution in [0, 0.1) is 13.8 Å². The fraction of sp³-hybridized carbons (Fsp3) is 0.632. The van der Waals surface area contributed by atoms with Gasteiger partial charge in [0.15, 0.2) is 0 Å². The highest BCUT2D eigenvalue weighted by atomic mass is 32.2. The van der Waals surface area contributed by atoms with Crippen LogP contribution in [0.4, 0.5) is 5.69 Å². The first kappa shape index (κ1) is 19.9. The molecule has 25 heavy (non-hydrogen) atoms. The standard InChI is InChI=1S/C19H30N2O3S/c1-15-10-11-18(16(2)14-15)20-19(22)12-13-21(25(3,23)24)17-8-6-4-5-7-9-17/h10-11,14,17H,4-9,12-13H2,1-3H3,(H,20,22). The van der Waals surface area contributed by atoms with Gasteiger partial charge in [-0.1, -0.05) is 43.4 Å². The Balaban J connectivity index is 1.98. The highest BCUT2D eigenvalue weighted by Crippen LogP contribution is 2.24. The lowest BCUT2D eigenvalue weighted by molar-refractivity contribution is -0.116. The number of rotatable bonds is 6. The van der Waals surface area contributed by atoms with Crippen LogP contribution in [0.2, 0.25) is 0 Å². The Morgan fingerprint density at radius 2 is 1.80 bits per heavy atom. The molecule has 0 aliphatic heterocycles. The molecule has 1 N–H and O–H groups in total. The van der Waals surface area contributed by atoms with Crippen LogP contribution in [0.1, 0.15) is 56.1 Å². The lowest BCUT2D eigenvalue weighted by atomic mass is 10.1. The van der Waals surface area contributed by atoms with Gasteiger partial charge in [0.05, 0.1) is 6.26 Å². The zero-order valence-corrected chi connectivity index (χ0v) is 16.4. The molecular formula is C19H30N2O3S. The molecule has 140 valence electrons. The van der Waals surface area contributed by atoms with E-state index in [0.717, 1.165) is 42.5 Å². The van der Waals surface area contributed by atoms with E-state index in [4.69, 9.17) is 0 Å².